The van der Waals surface area contributed by atoms with Gasteiger partial charge in [-0.25, -0.2) is 4.68 Å². The highest BCUT2D eigenvalue weighted by Crippen LogP contribution is 2.55. The predicted octanol–water partition coefficient (Wildman–Crippen LogP) is 2.58. The summed E-state index contributed by atoms with van der Waals surface area (Å²) < 4.78 is 1.63. The van der Waals surface area contributed by atoms with Crippen LogP contribution in [0.3, 0.4) is 0 Å². The summed E-state index contributed by atoms with van der Waals surface area (Å²) in [5.41, 5.74) is 1.69. The largest absolute Gasteiger partial charge is 0.347 e. The number of amides is 1. The lowest BCUT2D eigenvalue weighted by molar-refractivity contribution is -0.0167. The zero-order valence-electron chi connectivity index (χ0n) is 14.5. The second-order valence-electron chi connectivity index (χ2n) is 8.36. The van der Waals surface area contributed by atoms with Gasteiger partial charge in [-0.1, -0.05) is 12.1 Å². The normalized spacial score (nSPS) is 32.8. The number of carbonyl (C=O) groups excluding carboxylic acids is 1. The molecule has 4 fully saturated rings. The second kappa shape index (κ2) is 5.38. The zero-order chi connectivity index (χ0) is 17.0. The first kappa shape index (κ1) is 15.0. The SMILES string of the molecule is Cn1nnnc1-c1ccc(C(=O)NC23CC4CC(CC(C4)C2)C3)cc1. The maximum atomic E-state index is 12.8. The van der Waals surface area contributed by atoms with Gasteiger partial charge in [0.1, 0.15) is 0 Å². The minimum Gasteiger partial charge on any atom is -0.347 e. The highest BCUT2D eigenvalue weighted by Gasteiger charge is 2.51. The quantitative estimate of drug-likeness (QED) is 0.934. The Morgan fingerprint density at radius 2 is 1.68 bits per heavy atom. The molecule has 0 spiro atoms. The van der Waals surface area contributed by atoms with E-state index in [2.05, 4.69) is 20.8 Å². The molecule has 130 valence electrons. The number of aromatic nitrogens is 4. The number of tetrazole rings is 1. The van der Waals surface area contributed by atoms with Gasteiger partial charge in [0.15, 0.2) is 5.82 Å². The molecule has 0 atom stereocenters. The molecule has 1 aromatic heterocycles. The molecule has 6 nitrogen and oxygen atoms in total. The monoisotopic (exact) mass is 337 g/mol. The highest BCUT2D eigenvalue weighted by atomic mass is 16.1. The molecule has 6 rings (SSSR count). The van der Waals surface area contributed by atoms with Gasteiger partial charge < -0.3 is 5.32 Å². The Morgan fingerprint density at radius 3 is 2.20 bits per heavy atom. The van der Waals surface area contributed by atoms with Crippen molar-refractivity contribution in [3.63, 3.8) is 0 Å². The van der Waals surface area contributed by atoms with Crippen molar-refractivity contribution < 1.29 is 4.79 Å². The molecule has 1 N–H and O–H groups in total. The molecule has 1 heterocycles. The average Bonchev–Trinajstić information content (AvgIpc) is 2.99. The van der Waals surface area contributed by atoms with Crippen molar-refractivity contribution in [1.82, 2.24) is 25.5 Å². The number of hydrogen-bond acceptors (Lipinski definition) is 4. The van der Waals surface area contributed by atoms with Crippen molar-refractivity contribution in [3.8, 4) is 11.4 Å². The van der Waals surface area contributed by atoms with Crippen molar-refractivity contribution in [2.24, 2.45) is 24.8 Å². The summed E-state index contributed by atoms with van der Waals surface area (Å²) in [5.74, 6) is 3.25. The first-order valence-corrected chi connectivity index (χ1v) is 9.25. The van der Waals surface area contributed by atoms with Gasteiger partial charge in [0.05, 0.1) is 0 Å². The Balaban J connectivity index is 1.34. The smallest absolute Gasteiger partial charge is 0.251 e. The summed E-state index contributed by atoms with van der Waals surface area (Å²) in [6.07, 6.45) is 7.68. The van der Waals surface area contributed by atoms with Crippen LogP contribution < -0.4 is 5.32 Å². The number of benzene rings is 1. The van der Waals surface area contributed by atoms with E-state index >= 15 is 0 Å². The van der Waals surface area contributed by atoms with E-state index in [0.717, 1.165) is 28.9 Å². The van der Waals surface area contributed by atoms with Crippen molar-refractivity contribution in [2.75, 3.05) is 0 Å². The number of aryl methyl sites for hydroxylation is 1. The maximum absolute atomic E-state index is 12.8. The molecule has 4 bridgehead atoms. The molecule has 1 aromatic carbocycles. The summed E-state index contributed by atoms with van der Waals surface area (Å²) in [7, 11) is 1.81. The first-order valence-electron chi connectivity index (χ1n) is 9.25. The van der Waals surface area contributed by atoms with Crippen molar-refractivity contribution >= 4 is 5.91 Å². The first-order chi connectivity index (χ1) is 12.1. The van der Waals surface area contributed by atoms with Gasteiger partial charge in [0.2, 0.25) is 0 Å². The molecule has 0 unspecified atom stereocenters. The third-order valence-corrected chi connectivity index (χ3v) is 6.44. The average molecular weight is 337 g/mol. The lowest BCUT2D eigenvalue weighted by Gasteiger charge is -2.56. The van der Waals surface area contributed by atoms with Gasteiger partial charge in [-0.05, 0) is 78.8 Å². The van der Waals surface area contributed by atoms with E-state index < -0.39 is 0 Å². The topological polar surface area (TPSA) is 72.7 Å². The molecule has 0 saturated heterocycles. The Hall–Kier alpha value is -2.24. The van der Waals surface area contributed by atoms with E-state index in [1.165, 1.54) is 38.5 Å². The van der Waals surface area contributed by atoms with E-state index in [4.69, 9.17) is 0 Å². The molecule has 4 saturated carbocycles. The van der Waals surface area contributed by atoms with E-state index in [1.807, 2.05) is 31.3 Å². The van der Waals surface area contributed by atoms with E-state index in [1.54, 1.807) is 4.68 Å². The van der Waals surface area contributed by atoms with E-state index in [9.17, 15) is 4.79 Å². The summed E-state index contributed by atoms with van der Waals surface area (Å²) in [5, 5.41) is 14.9. The fraction of sp³-hybridized carbons (Fsp3) is 0.579. The van der Waals surface area contributed by atoms with Crippen LogP contribution in [0.15, 0.2) is 24.3 Å². The lowest BCUT2D eigenvalue weighted by atomic mass is 9.53. The van der Waals surface area contributed by atoms with Crippen LogP contribution in [-0.4, -0.2) is 31.7 Å². The Labute approximate surface area is 147 Å². The van der Waals surface area contributed by atoms with Gasteiger partial charge >= 0.3 is 0 Å². The van der Waals surface area contributed by atoms with Crippen LogP contribution in [0.25, 0.3) is 11.4 Å². The van der Waals surface area contributed by atoms with E-state index in [-0.39, 0.29) is 11.4 Å². The fourth-order valence-electron chi connectivity index (χ4n) is 5.82. The summed E-state index contributed by atoms with van der Waals surface area (Å²) in [6, 6.07) is 7.58. The number of hydrogen-bond donors (Lipinski definition) is 1. The molecular weight excluding hydrogens is 314 g/mol. The van der Waals surface area contributed by atoms with Crippen LogP contribution in [0.2, 0.25) is 0 Å². The van der Waals surface area contributed by atoms with Crippen LogP contribution in [0.5, 0.6) is 0 Å². The number of nitrogens with zero attached hydrogens (tertiary/aromatic N) is 4. The van der Waals surface area contributed by atoms with Crippen molar-refractivity contribution in [3.05, 3.63) is 29.8 Å². The number of carbonyl (C=O) groups is 1. The zero-order valence-corrected chi connectivity index (χ0v) is 14.5. The summed E-state index contributed by atoms with van der Waals surface area (Å²) >= 11 is 0. The van der Waals surface area contributed by atoms with Gasteiger partial charge in [-0.2, -0.15) is 0 Å². The van der Waals surface area contributed by atoms with Gasteiger partial charge in [-0.15, -0.1) is 5.10 Å². The third-order valence-electron chi connectivity index (χ3n) is 6.44. The Morgan fingerprint density at radius 1 is 1.08 bits per heavy atom. The fourth-order valence-corrected chi connectivity index (χ4v) is 5.82. The third kappa shape index (κ3) is 2.55. The highest BCUT2D eigenvalue weighted by molar-refractivity contribution is 5.95. The standard InChI is InChI=1S/C19H23N5O/c1-24-17(21-22-23-24)15-2-4-16(5-3-15)18(25)20-19-9-12-6-13(10-19)8-14(7-12)11-19/h2-5,12-14H,6-11H2,1H3,(H,20,25). The van der Waals surface area contributed by atoms with Gasteiger partial charge in [0, 0.05) is 23.7 Å². The van der Waals surface area contributed by atoms with Crippen LogP contribution >= 0.6 is 0 Å². The van der Waals surface area contributed by atoms with Crippen molar-refractivity contribution in [1.29, 1.82) is 0 Å². The van der Waals surface area contributed by atoms with Crippen LogP contribution in [0.4, 0.5) is 0 Å². The van der Waals surface area contributed by atoms with Gasteiger partial charge in [-0.3, -0.25) is 4.79 Å². The summed E-state index contributed by atoms with van der Waals surface area (Å²) in [6.45, 7) is 0. The molecular formula is C19H23N5O. The van der Waals surface area contributed by atoms with Crippen LogP contribution in [0, 0.1) is 17.8 Å². The van der Waals surface area contributed by atoms with Crippen molar-refractivity contribution in [2.45, 2.75) is 44.1 Å². The molecule has 0 aliphatic heterocycles. The second-order valence-corrected chi connectivity index (χ2v) is 8.36. The molecule has 6 heteroatoms. The molecule has 4 aliphatic carbocycles. The van der Waals surface area contributed by atoms with Crippen LogP contribution in [0.1, 0.15) is 48.9 Å². The number of nitrogens with one attached hydrogen (secondary N) is 1. The number of rotatable bonds is 3. The predicted molar refractivity (Wildman–Crippen MR) is 92.6 cm³/mol. The molecule has 2 aromatic rings. The Bertz CT molecular complexity index is 774. The maximum Gasteiger partial charge on any atom is 0.251 e. The molecule has 1 amide bonds. The molecule has 0 radical (unpaired) electrons. The van der Waals surface area contributed by atoms with E-state index in [0.29, 0.717) is 5.82 Å². The summed E-state index contributed by atoms with van der Waals surface area (Å²) in [4.78, 5) is 12.8. The van der Waals surface area contributed by atoms with Gasteiger partial charge in [0.25, 0.3) is 5.91 Å². The van der Waals surface area contributed by atoms with Crippen LogP contribution in [-0.2, 0) is 7.05 Å². The minimum atomic E-state index is 0.0536. The minimum absolute atomic E-state index is 0.0536. The lowest BCUT2D eigenvalue weighted by Crippen LogP contribution is -2.59. The Kier molecular flexibility index (Phi) is 3.24. The molecule has 25 heavy (non-hydrogen) atoms. The molecule has 4 aliphatic rings.